The molecule has 2 rings (SSSR count). The van der Waals surface area contributed by atoms with Crippen LogP contribution in [0.15, 0.2) is 48.5 Å². The molecule has 19 heavy (non-hydrogen) atoms. The Morgan fingerprint density at radius 3 is 1.74 bits per heavy atom. The molecule has 0 aliphatic heterocycles. The lowest BCUT2D eigenvalue weighted by Gasteiger charge is -2.04. The molecule has 0 saturated heterocycles. The topological polar surface area (TPSA) is 9.23 Å². The highest BCUT2D eigenvalue weighted by molar-refractivity contribution is 8.76. The van der Waals surface area contributed by atoms with E-state index >= 15 is 0 Å². The molecule has 0 amide bonds. The first kappa shape index (κ1) is 14.4. The number of benzene rings is 2. The van der Waals surface area contributed by atoms with Crippen molar-refractivity contribution in [2.75, 3.05) is 7.11 Å². The van der Waals surface area contributed by atoms with Crippen LogP contribution in [0.4, 0.5) is 0 Å². The van der Waals surface area contributed by atoms with Gasteiger partial charge in [-0.1, -0.05) is 63.5 Å². The second kappa shape index (κ2) is 7.51. The molecule has 0 bridgehead atoms. The third-order valence-corrected chi connectivity index (χ3v) is 5.09. The number of ether oxygens (including phenoxy) is 1. The molecule has 0 N–H and O–H groups in total. The van der Waals surface area contributed by atoms with Gasteiger partial charge in [0.2, 0.25) is 0 Å². The molecule has 0 spiro atoms. The maximum absolute atomic E-state index is 5.15. The van der Waals surface area contributed by atoms with E-state index in [1.54, 1.807) is 7.11 Å². The van der Waals surface area contributed by atoms with E-state index in [1.807, 2.05) is 33.7 Å². The number of aryl methyl sites for hydroxylation is 1. The van der Waals surface area contributed by atoms with E-state index in [4.69, 9.17) is 4.74 Å². The van der Waals surface area contributed by atoms with Crippen LogP contribution in [0, 0.1) is 6.92 Å². The quantitative estimate of drug-likeness (QED) is 0.542. The fraction of sp³-hybridized carbons (Fsp3) is 0.250. The molecular weight excluding hydrogens is 272 g/mol. The third kappa shape index (κ3) is 4.84. The van der Waals surface area contributed by atoms with Crippen molar-refractivity contribution in [1.29, 1.82) is 0 Å². The molecule has 0 aromatic heterocycles. The van der Waals surface area contributed by atoms with E-state index in [2.05, 4.69) is 43.3 Å². The smallest absolute Gasteiger partial charge is 0.118 e. The molecule has 0 fully saturated rings. The zero-order valence-corrected chi connectivity index (χ0v) is 12.9. The van der Waals surface area contributed by atoms with Gasteiger partial charge in [0.25, 0.3) is 0 Å². The van der Waals surface area contributed by atoms with Crippen molar-refractivity contribution in [3.8, 4) is 5.75 Å². The van der Waals surface area contributed by atoms with Gasteiger partial charge in [0.15, 0.2) is 0 Å². The minimum atomic E-state index is 0.918. The zero-order chi connectivity index (χ0) is 13.5. The van der Waals surface area contributed by atoms with Crippen LogP contribution in [0.3, 0.4) is 0 Å². The predicted molar refractivity (Wildman–Crippen MR) is 86.8 cm³/mol. The summed E-state index contributed by atoms with van der Waals surface area (Å²) < 4.78 is 5.15. The summed E-state index contributed by atoms with van der Waals surface area (Å²) >= 11 is 0. The molecule has 2 aromatic carbocycles. The molecule has 0 aliphatic carbocycles. The van der Waals surface area contributed by atoms with Gasteiger partial charge in [0.05, 0.1) is 7.11 Å². The third-order valence-electron chi connectivity index (χ3n) is 2.81. The standard InChI is InChI=1S/C16H18OS2/c1-13-3-5-14(6-4-13)11-18-19-12-15-7-9-16(17-2)10-8-15/h3-10H,11-12H2,1-2H3. The normalized spacial score (nSPS) is 10.4. The van der Waals surface area contributed by atoms with Gasteiger partial charge in [-0.05, 0) is 30.2 Å². The maximum Gasteiger partial charge on any atom is 0.118 e. The van der Waals surface area contributed by atoms with Gasteiger partial charge in [-0.3, -0.25) is 0 Å². The van der Waals surface area contributed by atoms with Crippen molar-refractivity contribution in [1.82, 2.24) is 0 Å². The molecule has 100 valence electrons. The Hall–Kier alpha value is -1.06. The lowest BCUT2D eigenvalue weighted by molar-refractivity contribution is 0.414. The second-order valence-electron chi connectivity index (χ2n) is 4.36. The van der Waals surface area contributed by atoms with E-state index < -0.39 is 0 Å². The number of hydrogen-bond donors (Lipinski definition) is 0. The highest BCUT2D eigenvalue weighted by Crippen LogP contribution is 2.29. The summed E-state index contributed by atoms with van der Waals surface area (Å²) in [5, 5.41) is 0. The first-order chi connectivity index (χ1) is 9.28. The lowest BCUT2D eigenvalue weighted by atomic mass is 10.2. The van der Waals surface area contributed by atoms with Crippen molar-refractivity contribution >= 4 is 21.6 Å². The van der Waals surface area contributed by atoms with Crippen molar-refractivity contribution in [3.05, 3.63) is 65.2 Å². The summed E-state index contributed by atoms with van der Waals surface area (Å²) in [7, 11) is 5.49. The SMILES string of the molecule is COc1ccc(CSSCc2ccc(C)cc2)cc1. The first-order valence-corrected chi connectivity index (χ1v) is 8.69. The van der Waals surface area contributed by atoms with E-state index in [-0.39, 0.29) is 0 Å². The Balaban J connectivity index is 1.72. The van der Waals surface area contributed by atoms with Crippen molar-refractivity contribution in [2.45, 2.75) is 18.4 Å². The summed E-state index contributed by atoms with van der Waals surface area (Å²) in [5.41, 5.74) is 4.04. The highest BCUT2D eigenvalue weighted by atomic mass is 33.1. The summed E-state index contributed by atoms with van der Waals surface area (Å²) in [5.74, 6) is 3.00. The highest BCUT2D eigenvalue weighted by Gasteiger charge is 1.97. The average Bonchev–Trinajstić information content (AvgIpc) is 2.46. The average molecular weight is 290 g/mol. The van der Waals surface area contributed by atoms with Gasteiger partial charge in [0.1, 0.15) is 5.75 Å². The first-order valence-electron chi connectivity index (χ1n) is 6.21. The molecule has 0 radical (unpaired) electrons. The summed E-state index contributed by atoms with van der Waals surface area (Å²) in [4.78, 5) is 0. The van der Waals surface area contributed by atoms with E-state index in [1.165, 1.54) is 16.7 Å². The molecular formula is C16H18OS2. The molecule has 0 aliphatic rings. The predicted octanol–water partition coefficient (Wildman–Crippen LogP) is 5.09. The Bertz CT molecular complexity index is 491. The Kier molecular flexibility index (Phi) is 5.67. The van der Waals surface area contributed by atoms with Crippen LogP contribution in [0.1, 0.15) is 16.7 Å². The van der Waals surface area contributed by atoms with Gasteiger partial charge in [-0.25, -0.2) is 0 Å². The summed E-state index contributed by atoms with van der Waals surface area (Å²) in [6.07, 6.45) is 0. The van der Waals surface area contributed by atoms with E-state index in [0.29, 0.717) is 0 Å². The molecule has 0 atom stereocenters. The van der Waals surface area contributed by atoms with Gasteiger partial charge < -0.3 is 4.74 Å². The van der Waals surface area contributed by atoms with Crippen LogP contribution in [0.25, 0.3) is 0 Å². The lowest BCUT2D eigenvalue weighted by Crippen LogP contribution is -1.84. The number of hydrogen-bond acceptors (Lipinski definition) is 3. The van der Waals surface area contributed by atoms with Crippen LogP contribution in [-0.2, 0) is 11.5 Å². The number of rotatable bonds is 6. The number of methoxy groups -OCH3 is 1. The molecule has 0 saturated carbocycles. The molecule has 0 unspecified atom stereocenters. The molecule has 1 nitrogen and oxygen atoms in total. The zero-order valence-electron chi connectivity index (χ0n) is 11.3. The fourth-order valence-corrected chi connectivity index (χ4v) is 3.77. The van der Waals surface area contributed by atoms with Gasteiger partial charge in [-0.2, -0.15) is 0 Å². The van der Waals surface area contributed by atoms with Crippen LogP contribution >= 0.6 is 21.6 Å². The van der Waals surface area contributed by atoms with Crippen molar-refractivity contribution < 1.29 is 4.74 Å². The Morgan fingerprint density at radius 2 is 1.26 bits per heavy atom. The monoisotopic (exact) mass is 290 g/mol. The molecule has 3 heteroatoms. The summed E-state index contributed by atoms with van der Waals surface area (Å²) in [6, 6.07) is 17.0. The Labute approximate surface area is 123 Å². The largest absolute Gasteiger partial charge is 0.497 e. The Morgan fingerprint density at radius 1 is 0.789 bits per heavy atom. The van der Waals surface area contributed by atoms with Crippen molar-refractivity contribution in [2.24, 2.45) is 0 Å². The molecule has 0 heterocycles. The summed E-state index contributed by atoms with van der Waals surface area (Å²) in [6.45, 7) is 2.12. The minimum Gasteiger partial charge on any atom is -0.497 e. The van der Waals surface area contributed by atoms with Crippen LogP contribution < -0.4 is 4.74 Å². The van der Waals surface area contributed by atoms with Crippen LogP contribution in [0.5, 0.6) is 5.75 Å². The maximum atomic E-state index is 5.15. The van der Waals surface area contributed by atoms with E-state index in [0.717, 1.165) is 17.3 Å². The van der Waals surface area contributed by atoms with Crippen LogP contribution in [-0.4, -0.2) is 7.11 Å². The second-order valence-corrected chi connectivity index (χ2v) is 6.82. The fourth-order valence-electron chi connectivity index (χ4n) is 1.63. The van der Waals surface area contributed by atoms with E-state index in [9.17, 15) is 0 Å². The minimum absolute atomic E-state index is 0.918. The van der Waals surface area contributed by atoms with Crippen molar-refractivity contribution in [3.63, 3.8) is 0 Å². The van der Waals surface area contributed by atoms with Gasteiger partial charge in [-0.15, -0.1) is 0 Å². The van der Waals surface area contributed by atoms with Gasteiger partial charge in [0, 0.05) is 11.5 Å². The molecule has 2 aromatic rings. The van der Waals surface area contributed by atoms with Gasteiger partial charge >= 0.3 is 0 Å². The van der Waals surface area contributed by atoms with Crippen LogP contribution in [0.2, 0.25) is 0 Å².